The monoisotopic (exact) mass is 389 g/mol. The van der Waals surface area contributed by atoms with Crippen molar-refractivity contribution in [3.63, 3.8) is 0 Å². The fraction of sp³-hybridized carbons (Fsp3) is 0.200. The van der Waals surface area contributed by atoms with Crippen molar-refractivity contribution in [1.29, 1.82) is 0 Å². The molecule has 146 valence electrons. The SMILES string of the molecule is O=C(COC(=O)/C=C/c1ccc2c(c1)OCCCO2)Nc1ccc(F)cc1F. The first kappa shape index (κ1) is 19.3. The number of carbonyl (C=O) groups is 2. The summed E-state index contributed by atoms with van der Waals surface area (Å²) >= 11 is 0. The first-order chi connectivity index (χ1) is 13.5. The van der Waals surface area contributed by atoms with Crippen LogP contribution >= 0.6 is 0 Å². The number of esters is 1. The number of nitrogens with one attached hydrogen (secondary N) is 1. The Morgan fingerprint density at radius 2 is 1.86 bits per heavy atom. The smallest absolute Gasteiger partial charge is 0.331 e. The molecule has 0 fully saturated rings. The number of rotatable bonds is 5. The molecule has 0 unspecified atom stereocenters. The first-order valence-corrected chi connectivity index (χ1v) is 8.50. The normalized spacial score (nSPS) is 13.1. The molecule has 0 saturated heterocycles. The predicted molar refractivity (Wildman–Crippen MR) is 97.0 cm³/mol. The van der Waals surface area contributed by atoms with Gasteiger partial charge in [0.1, 0.15) is 11.6 Å². The van der Waals surface area contributed by atoms with Gasteiger partial charge in [-0.2, -0.15) is 0 Å². The molecule has 0 radical (unpaired) electrons. The van der Waals surface area contributed by atoms with E-state index in [9.17, 15) is 18.4 Å². The standard InChI is InChI=1S/C20H17F2NO5/c21-14-4-5-16(15(22)11-14)23-19(24)12-28-20(25)7-3-13-2-6-17-18(10-13)27-9-1-8-26-17/h2-7,10-11H,1,8-9,12H2,(H,23,24)/b7-3+. The molecule has 0 atom stereocenters. The number of halogens is 2. The van der Waals surface area contributed by atoms with E-state index < -0.39 is 30.1 Å². The summed E-state index contributed by atoms with van der Waals surface area (Å²) in [5.74, 6) is -1.95. The minimum Gasteiger partial charge on any atom is -0.490 e. The van der Waals surface area contributed by atoms with Gasteiger partial charge in [-0.05, 0) is 35.9 Å². The summed E-state index contributed by atoms with van der Waals surface area (Å²) in [6.45, 7) is 0.519. The van der Waals surface area contributed by atoms with Crippen molar-refractivity contribution >= 4 is 23.6 Å². The molecule has 0 spiro atoms. The molecule has 0 aromatic heterocycles. The van der Waals surface area contributed by atoms with E-state index >= 15 is 0 Å². The lowest BCUT2D eigenvalue weighted by molar-refractivity contribution is -0.142. The van der Waals surface area contributed by atoms with E-state index in [1.54, 1.807) is 18.2 Å². The molecule has 1 aliphatic rings. The van der Waals surface area contributed by atoms with Gasteiger partial charge in [0.15, 0.2) is 18.1 Å². The molecule has 6 nitrogen and oxygen atoms in total. The van der Waals surface area contributed by atoms with Gasteiger partial charge in [-0.1, -0.05) is 6.07 Å². The van der Waals surface area contributed by atoms with E-state index in [0.29, 0.717) is 36.3 Å². The minimum atomic E-state index is -0.922. The Labute approximate surface area is 159 Å². The molecule has 0 aliphatic carbocycles. The predicted octanol–water partition coefficient (Wildman–Crippen LogP) is 3.32. The van der Waals surface area contributed by atoms with Gasteiger partial charge in [0.05, 0.1) is 18.9 Å². The van der Waals surface area contributed by atoms with Crippen LogP contribution in [0.3, 0.4) is 0 Å². The van der Waals surface area contributed by atoms with Crippen LogP contribution in [0.15, 0.2) is 42.5 Å². The third-order valence-electron chi connectivity index (χ3n) is 3.73. The number of hydrogen-bond donors (Lipinski definition) is 1. The summed E-state index contributed by atoms with van der Waals surface area (Å²) < 4.78 is 42.2. The molecular formula is C20H17F2NO5. The highest BCUT2D eigenvalue weighted by atomic mass is 19.1. The van der Waals surface area contributed by atoms with Crippen LogP contribution in [0.5, 0.6) is 11.5 Å². The number of anilines is 1. The summed E-state index contributed by atoms with van der Waals surface area (Å²) in [5, 5.41) is 2.19. The van der Waals surface area contributed by atoms with E-state index in [-0.39, 0.29) is 5.69 Å². The summed E-state index contributed by atoms with van der Waals surface area (Å²) in [4.78, 5) is 23.5. The largest absolute Gasteiger partial charge is 0.490 e. The van der Waals surface area contributed by atoms with Gasteiger partial charge in [-0.15, -0.1) is 0 Å². The van der Waals surface area contributed by atoms with Gasteiger partial charge in [-0.3, -0.25) is 4.79 Å². The number of fused-ring (bicyclic) bond motifs is 1. The second-order valence-corrected chi connectivity index (χ2v) is 5.87. The molecule has 0 bridgehead atoms. The lowest BCUT2D eigenvalue weighted by Gasteiger charge is -2.07. The highest BCUT2D eigenvalue weighted by Crippen LogP contribution is 2.30. The Balaban J connectivity index is 1.51. The van der Waals surface area contributed by atoms with Gasteiger partial charge < -0.3 is 19.5 Å². The molecule has 1 amide bonds. The lowest BCUT2D eigenvalue weighted by atomic mass is 10.2. The minimum absolute atomic E-state index is 0.204. The van der Waals surface area contributed by atoms with Crippen LogP contribution in [0.4, 0.5) is 14.5 Å². The van der Waals surface area contributed by atoms with Crippen molar-refractivity contribution in [3.8, 4) is 11.5 Å². The number of carbonyl (C=O) groups excluding carboxylic acids is 2. The molecule has 2 aromatic rings. The molecule has 8 heteroatoms. The van der Waals surface area contributed by atoms with E-state index in [0.717, 1.165) is 24.6 Å². The fourth-order valence-electron chi connectivity index (χ4n) is 2.41. The Bertz CT molecular complexity index is 913. The van der Waals surface area contributed by atoms with Crippen molar-refractivity contribution in [2.75, 3.05) is 25.1 Å². The van der Waals surface area contributed by atoms with E-state index in [4.69, 9.17) is 14.2 Å². The van der Waals surface area contributed by atoms with Gasteiger partial charge >= 0.3 is 5.97 Å². The lowest BCUT2D eigenvalue weighted by Crippen LogP contribution is -2.20. The van der Waals surface area contributed by atoms with Crippen molar-refractivity contribution in [2.45, 2.75) is 6.42 Å². The van der Waals surface area contributed by atoms with Crippen LogP contribution in [-0.4, -0.2) is 31.7 Å². The zero-order valence-corrected chi connectivity index (χ0v) is 14.7. The first-order valence-electron chi connectivity index (χ1n) is 8.50. The Kier molecular flexibility index (Phi) is 6.21. The van der Waals surface area contributed by atoms with Crippen LogP contribution in [0.2, 0.25) is 0 Å². The Hall–Kier alpha value is -3.42. The molecule has 2 aromatic carbocycles. The number of benzene rings is 2. The van der Waals surface area contributed by atoms with Crippen molar-refractivity contribution in [2.24, 2.45) is 0 Å². The quantitative estimate of drug-likeness (QED) is 0.627. The Morgan fingerprint density at radius 3 is 2.64 bits per heavy atom. The van der Waals surface area contributed by atoms with Crippen LogP contribution in [-0.2, 0) is 14.3 Å². The van der Waals surface area contributed by atoms with Crippen molar-refractivity contribution in [3.05, 3.63) is 59.7 Å². The van der Waals surface area contributed by atoms with Crippen LogP contribution < -0.4 is 14.8 Å². The third kappa shape index (κ3) is 5.29. The van der Waals surface area contributed by atoms with Gasteiger partial charge in [0.2, 0.25) is 0 Å². The highest BCUT2D eigenvalue weighted by molar-refractivity contribution is 5.94. The fourth-order valence-corrected chi connectivity index (χ4v) is 2.41. The molecule has 3 rings (SSSR count). The molecule has 28 heavy (non-hydrogen) atoms. The summed E-state index contributed by atoms with van der Waals surface area (Å²) in [7, 11) is 0. The number of ether oxygens (including phenoxy) is 3. The maximum absolute atomic E-state index is 13.5. The average molecular weight is 389 g/mol. The zero-order chi connectivity index (χ0) is 19.9. The maximum atomic E-state index is 13.5. The van der Waals surface area contributed by atoms with E-state index in [2.05, 4.69) is 5.32 Å². The van der Waals surface area contributed by atoms with Crippen molar-refractivity contribution < 1.29 is 32.6 Å². The van der Waals surface area contributed by atoms with Crippen molar-refractivity contribution in [1.82, 2.24) is 0 Å². The summed E-state index contributed by atoms with van der Waals surface area (Å²) in [6, 6.07) is 7.95. The molecule has 1 N–H and O–H groups in total. The van der Waals surface area contributed by atoms with E-state index in [1.807, 2.05) is 0 Å². The Morgan fingerprint density at radius 1 is 1.07 bits per heavy atom. The highest BCUT2D eigenvalue weighted by Gasteiger charge is 2.11. The summed E-state index contributed by atoms with van der Waals surface area (Å²) in [5.41, 5.74) is 0.490. The molecular weight excluding hydrogens is 372 g/mol. The zero-order valence-electron chi connectivity index (χ0n) is 14.7. The van der Waals surface area contributed by atoms with Gasteiger partial charge in [-0.25, -0.2) is 13.6 Å². The average Bonchev–Trinajstić information content (AvgIpc) is 2.92. The third-order valence-corrected chi connectivity index (χ3v) is 3.73. The van der Waals surface area contributed by atoms with Crippen LogP contribution in [0, 0.1) is 11.6 Å². The summed E-state index contributed by atoms with van der Waals surface area (Å²) in [6.07, 6.45) is 3.45. The molecule has 1 aliphatic heterocycles. The number of hydrogen-bond acceptors (Lipinski definition) is 5. The molecule has 1 heterocycles. The van der Waals surface area contributed by atoms with Gasteiger partial charge in [0, 0.05) is 18.6 Å². The maximum Gasteiger partial charge on any atom is 0.331 e. The topological polar surface area (TPSA) is 73.9 Å². The number of amides is 1. The van der Waals surface area contributed by atoms with E-state index in [1.165, 1.54) is 6.08 Å². The second-order valence-electron chi connectivity index (χ2n) is 5.87. The van der Waals surface area contributed by atoms with Crippen LogP contribution in [0.1, 0.15) is 12.0 Å². The van der Waals surface area contributed by atoms with Gasteiger partial charge in [0.25, 0.3) is 5.91 Å². The second kappa shape index (κ2) is 8.98. The van der Waals surface area contributed by atoms with Crippen LogP contribution in [0.25, 0.3) is 6.08 Å². The molecule has 0 saturated carbocycles.